The molecule has 0 atom stereocenters. The zero-order valence-electron chi connectivity index (χ0n) is 12.6. The summed E-state index contributed by atoms with van der Waals surface area (Å²) in [6.45, 7) is 2.00. The molecule has 0 radical (unpaired) electrons. The van der Waals surface area contributed by atoms with Crippen molar-refractivity contribution in [2.75, 3.05) is 26.8 Å². The maximum atomic E-state index is 12.6. The maximum absolute atomic E-state index is 12.6. The second-order valence-corrected chi connectivity index (χ2v) is 6.35. The molecule has 20 heavy (non-hydrogen) atoms. The first kappa shape index (κ1) is 15.3. The van der Waals surface area contributed by atoms with Gasteiger partial charge in [-0.1, -0.05) is 25.7 Å². The molecule has 2 saturated carbocycles. The summed E-state index contributed by atoms with van der Waals surface area (Å²) < 4.78 is 5.58. The van der Waals surface area contributed by atoms with Crippen LogP contribution in [0.4, 0.5) is 0 Å². The van der Waals surface area contributed by atoms with Crippen molar-refractivity contribution in [2.24, 2.45) is 11.3 Å². The van der Waals surface area contributed by atoms with Crippen molar-refractivity contribution >= 4 is 5.91 Å². The largest absolute Gasteiger partial charge is 0.379 e. The predicted molar refractivity (Wildman–Crippen MR) is 76.9 cm³/mol. The van der Waals surface area contributed by atoms with Crippen molar-refractivity contribution in [3.8, 4) is 6.07 Å². The van der Waals surface area contributed by atoms with E-state index in [0.717, 1.165) is 51.0 Å². The molecule has 0 aliphatic heterocycles. The molecule has 2 aliphatic rings. The van der Waals surface area contributed by atoms with Gasteiger partial charge in [0.05, 0.1) is 12.7 Å². The average Bonchev–Trinajstić information content (AvgIpc) is 3.29. The van der Waals surface area contributed by atoms with Gasteiger partial charge in [0.25, 0.3) is 0 Å². The minimum absolute atomic E-state index is 0.00285. The molecule has 112 valence electrons. The number of hydrogen-bond acceptors (Lipinski definition) is 3. The topological polar surface area (TPSA) is 53.3 Å². The van der Waals surface area contributed by atoms with Crippen molar-refractivity contribution in [1.29, 1.82) is 5.26 Å². The van der Waals surface area contributed by atoms with Gasteiger partial charge in [-0.15, -0.1) is 0 Å². The number of likely N-dealkylation sites (N-methyl/N-ethyl adjacent to an activating group) is 1. The molecule has 0 N–H and O–H groups in total. The van der Waals surface area contributed by atoms with Gasteiger partial charge >= 0.3 is 0 Å². The number of hydrogen-bond donors (Lipinski definition) is 0. The van der Waals surface area contributed by atoms with Crippen molar-refractivity contribution in [2.45, 2.75) is 51.4 Å². The van der Waals surface area contributed by atoms with Crippen LogP contribution >= 0.6 is 0 Å². The van der Waals surface area contributed by atoms with E-state index in [-0.39, 0.29) is 5.91 Å². The Bertz CT molecular complexity index is 363. The lowest BCUT2D eigenvalue weighted by Crippen LogP contribution is -2.42. The van der Waals surface area contributed by atoms with Crippen LogP contribution in [-0.2, 0) is 9.53 Å². The lowest BCUT2D eigenvalue weighted by molar-refractivity contribution is -0.139. The summed E-state index contributed by atoms with van der Waals surface area (Å²) in [5.41, 5.74) is -0.776. The van der Waals surface area contributed by atoms with E-state index in [1.54, 1.807) is 11.9 Å². The molecule has 0 saturated heterocycles. The fraction of sp³-hybridized carbons (Fsp3) is 0.875. The monoisotopic (exact) mass is 278 g/mol. The molecule has 0 aromatic carbocycles. The van der Waals surface area contributed by atoms with Crippen LogP contribution in [-0.4, -0.2) is 37.6 Å². The van der Waals surface area contributed by atoms with Gasteiger partial charge in [-0.2, -0.15) is 5.26 Å². The minimum Gasteiger partial charge on any atom is -0.379 e. The molecule has 0 aromatic heterocycles. The van der Waals surface area contributed by atoms with E-state index in [9.17, 15) is 10.1 Å². The molecule has 0 aromatic rings. The van der Waals surface area contributed by atoms with E-state index in [2.05, 4.69) is 6.07 Å². The van der Waals surface area contributed by atoms with Gasteiger partial charge in [0.1, 0.15) is 5.41 Å². The first-order valence-corrected chi connectivity index (χ1v) is 7.92. The summed E-state index contributed by atoms with van der Waals surface area (Å²) >= 11 is 0. The lowest BCUT2D eigenvalue weighted by atomic mass is 9.80. The summed E-state index contributed by atoms with van der Waals surface area (Å²) in [5, 5.41) is 9.51. The Morgan fingerprint density at radius 2 is 1.95 bits per heavy atom. The predicted octanol–water partition coefficient (Wildman–Crippen LogP) is 2.74. The lowest BCUT2D eigenvalue weighted by Gasteiger charge is -2.29. The summed E-state index contributed by atoms with van der Waals surface area (Å²) in [7, 11) is 1.80. The van der Waals surface area contributed by atoms with Gasteiger partial charge in [0, 0.05) is 20.2 Å². The first-order valence-electron chi connectivity index (χ1n) is 7.92. The van der Waals surface area contributed by atoms with Crippen LogP contribution in [0.1, 0.15) is 51.4 Å². The number of rotatable bonds is 6. The third-order valence-corrected chi connectivity index (χ3v) is 4.55. The highest BCUT2D eigenvalue weighted by molar-refractivity contribution is 5.85. The van der Waals surface area contributed by atoms with Gasteiger partial charge in [-0.05, 0) is 31.6 Å². The maximum Gasteiger partial charge on any atom is 0.242 e. The van der Waals surface area contributed by atoms with Crippen molar-refractivity contribution in [3.63, 3.8) is 0 Å². The van der Waals surface area contributed by atoms with Crippen LogP contribution in [0.25, 0.3) is 0 Å². The number of nitriles is 1. The first-order chi connectivity index (χ1) is 9.68. The van der Waals surface area contributed by atoms with Gasteiger partial charge < -0.3 is 9.64 Å². The van der Waals surface area contributed by atoms with E-state index < -0.39 is 5.41 Å². The van der Waals surface area contributed by atoms with Crippen LogP contribution in [0.5, 0.6) is 0 Å². The summed E-state index contributed by atoms with van der Waals surface area (Å²) in [5.74, 6) is 0.750. The van der Waals surface area contributed by atoms with Crippen LogP contribution in [0.2, 0.25) is 0 Å². The van der Waals surface area contributed by atoms with E-state index in [0.29, 0.717) is 13.2 Å². The Labute approximate surface area is 122 Å². The Balaban J connectivity index is 1.81. The van der Waals surface area contributed by atoms with Gasteiger partial charge in [0.15, 0.2) is 0 Å². The normalized spacial score (nSPS) is 21.8. The number of carbonyl (C=O) groups is 1. The molecule has 2 rings (SSSR count). The van der Waals surface area contributed by atoms with Crippen LogP contribution < -0.4 is 0 Å². The average molecular weight is 278 g/mol. The van der Waals surface area contributed by atoms with Crippen LogP contribution in [0, 0.1) is 22.7 Å². The highest BCUT2D eigenvalue weighted by Gasteiger charge is 2.40. The zero-order chi connectivity index (χ0) is 14.4. The Morgan fingerprint density at radius 1 is 1.30 bits per heavy atom. The third kappa shape index (κ3) is 3.96. The minimum atomic E-state index is -0.776. The van der Waals surface area contributed by atoms with Crippen molar-refractivity contribution < 1.29 is 9.53 Å². The summed E-state index contributed by atoms with van der Waals surface area (Å²) in [4.78, 5) is 14.3. The molecule has 0 spiro atoms. The second-order valence-electron chi connectivity index (χ2n) is 6.35. The van der Waals surface area contributed by atoms with Crippen LogP contribution in [0.3, 0.4) is 0 Å². The smallest absolute Gasteiger partial charge is 0.242 e. The number of amides is 1. The van der Waals surface area contributed by atoms with Crippen LogP contribution in [0.15, 0.2) is 0 Å². The fourth-order valence-corrected chi connectivity index (χ4v) is 2.91. The standard InChI is InChI=1S/C16H26N2O2/c1-18(10-11-20-12-14-6-7-14)15(19)16(13-17)8-4-2-3-5-9-16/h14H,2-12H2,1H3. The van der Waals surface area contributed by atoms with Crippen molar-refractivity contribution in [3.05, 3.63) is 0 Å². The number of carbonyl (C=O) groups excluding carboxylic acids is 1. The Kier molecular flexibility index (Phi) is 5.42. The quantitative estimate of drug-likeness (QED) is 0.554. The summed E-state index contributed by atoms with van der Waals surface area (Å²) in [6, 6.07) is 2.32. The van der Waals surface area contributed by atoms with Gasteiger partial charge in [-0.25, -0.2) is 0 Å². The van der Waals surface area contributed by atoms with Gasteiger partial charge in [-0.3, -0.25) is 4.79 Å². The van der Waals surface area contributed by atoms with E-state index in [1.807, 2.05) is 0 Å². The highest BCUT2D eigenvalue weighted by atomic mass is 16.5. The molecule has 0 bridgehead atoms. The van der Waals surface area contributed by atoms with E-state index in [4.69, 9.17) is 4.74 Å². The fourth-order valence-electron chi connectivity index (χ4n) is 2.91. The molecular formula is C16H26N2O2. The highest BCUT2D eigenvalue weighted by Crippen LogP contribution is 2.36. The summed E-state index contributed by atoms with van der Waals surface area (Å²) in [6.07, 6.45) is 8.27. The third-order valence-electron chi connectivity index (χ3n) is 4.55. The molecule has 2 aliphatic carbocycles. The molecule has 0 heterocycles. The zero-order valence-corrected chi connectivity index (χ0v) is 12.6. The number of ether oxygens (including phenoxy) is 1. The van der Waals surface area contributed by atoms with Crippen molar-refractivity contribution in [1.82, 2.24) is 4.90 Å². The van der Waals surface area contributed by atoms with Gasteiger partial charge in [0.2, 0.25) is 5.91 Å². The number of nitrogens with zero attached hydrogens (tertiary/aromatic N) is 2. The molecule has 4 heteroatoms. The van der Waals surface area contributed by atoms with E-state index >= 15 is 0 Å². The Morgan fingerprint density at radius 3 is 2.50 bits per heavy atom. The second kappa shape index (κ2) is 7.08. The van der Waals surface area contributed by atoms with E-state index in [1.165, 1.54) is 12.8 Å². The molecule has 4 nitrogen and oxygen atoms in total. The molecular weight excluding hydrogens is 252 g/mol. The molecule has 0 unspecified atom stereocenters. The SMILES string of the molecule is CN(CCOCC1CC1)C(=O)C1(C#N)CCCCCC1. The Hall–Kier alpha value is -1.08. The molecule has 2 fully saturated rings. The molecule has 1 amide bonds.